The van der Waals surface area contributed by atoms with Crippen LogP contribution in [0, 0.1) is 11.6 Å². The maximum Gasteiger partial charge on any atom is 0.337 e. The fourth-order valence-electron chi connectivity index (χ4n) is 1.51. The van der Waals surface area contributed by atoms with E-state index >= 15 is 0 Å². The molecule has 88 valence electrons. The summed E-state index contributed by atoms with van der Waals surface area (Å²) < 4.78 is 27.2. The Labute approximate surface area is 95.9 Å². The number of hydrogen-bond acceptors (Lipinski definition) is 1. The zero-order valence-corrected chi connectivity index (χ0v) is 8.73. The topological polar surface area (TPSA) is 42.2 Å². The number of carbonyl (C=O) groups is 1. The largest absolute Gasteiger partial charge is 0.478 e. The minimum Gasteiger partial charge on any atom is -0.478 e. The predicted molar refractivity (Wildman–Crippen MR) is 56.9 cm³/mol. The molecule has 0 amide bonds. The highest BCUT2D eigenvalue weighted by Gasteiger charge is 2.06. The predicted octanol–water partition coefficient (Wildman–Crippen LogP) is 2.51. The van der Waals surface area contributed by atoms with Crippen LogP contribution in [-0.4, -0.2) is 15.6 Å². The van der Waals surface area contributed by atoms with Crippen molar-refractivity contribution in [2.75, 3.05) is 0 Å². The molecule has 0 aliphatic carbocycles. The number of rotatable bonds is 3. The van der Waals surface area contributed by atoms with Gasteiger partial charge in [0, 0.05) is 18.9 Å². The van der Waals surface area contributed by atoms with Gasteiger partial charge in [0.2, 0.25) is 0 Å². The van der Waals surface area contributed by atoms with E-state index in [0.29, 0.717) is 12.1 Å². The maximum absolute atomic E-state index is 12.9. The average molecular weight is 237 g/mol. The first-order valence-electron chi connectivity index (χ1n) is 4.89. The van der Waals surface area contributed by atoms with Gasteiger partial charge in [-0.3, -0.25) is 0 Å². The number of carboxylic acids is 1. The van der Waals surface area contributed by atoms with Gasteiger partial charge in [-0.1, -0.05) is 6.07 Å². The highest BCUT2D eigenvalue weighted by Crippen LogP contribution is 2.11. The quantitative estimate of drug-likeness (QED) is 0.891. The van der Waals surface area contributed by atoms with Crippen molar-refractivity contribution in [1.82, 2.24) is 4.57 Å². The maximum atomic E-state index is 12.9. The van der Waals surface area contributed by atoms with Crippen LogP contribution >= 0.6 is 0 Å². The fraction of sp³-hybridized carbons (Fsp3) is 0.0833. The normalized spacial score (nSPS) is 10.5. The lowest BCUT2D eigenvalue weighted by Gasteiger charge is -2.03. The molecule has 3 nitrogen and oxygen atoms in total. The molecule has 0 fully saturated rings. The first-order valence-corrected chi connectivity index (χ1v) is 4.89. The summed E-state index contributed by atoms with van der Waals surface area (Å²) in [4.78, 5) is 10.6. The second-order valence-corrected chi connectivity index (χ2v) is 3.63. The van der Waals surface area contributed by atoms with Gasteiger partial charge in [-0.15, -0.1) is 0 Å². The van der Waals surface area contributed by atoms with Crippen molar-refractivity contribution in [1.29, 1.82) is 0 Å². The minimum atomic E-state index is -1.02. The van der Waals surface area contributed by atoms with E-state index in [-0.39, 0.29) is 5.56 Å². The van der Waals surface area contributed by atoms with E-state index in [9.17, 15) is 13.6 Å². The van der Waals surface area contributed by atoms with Crippen LogP contribution in [0.15, 0.2) is 36.7 Å². The Balaban J connectivity index is 2.19. The van der Waals surface area contributed by atoms with E-state index in [0.717, 1.165) is 12.1 Å². The fourth-order valence-corrected chi connectivity index (χ4v) is 1.51. The van der Waals surface area contributed by atoms with Crippen LogP contribution in [-0.2, 0) is 6.54 Å². The van der Waals surface area contributed by atoms with E-state index in [2.05, 4.69) is 0 Å². The summed E-state index contributed by atoms with van der Waals surface area (Å²) in [5.74, 6) is -2.82. The molecule has 2 rings (SSSR count). The molecule has 0 aliphatic heterocycles. The third-order valence-electron chi connectivity index (χ3n) is 2.35. The van der Waals surface area contributed by atoms with Crippen LogP contribution in [0.5, 0.6) is 0 Å². The molecular weight excluding hydrogens is 228 g/mol. The van der Waals surface area contributed by atoms with Crippen molar-refractivity contribution in [3.05, 3.63) is 59.4 Å². The summed E-state index contributed by atoms with van der Waals surface area (Å²) in [5.41, 5.74) is 0.726. The zero-order valence-electron chi connectivity index (χ0n) is 8.73. The number of halogens is 2. The summed E-state index contributed by atoms with van der Waals surface area (Å²) in [6.45, 7) is 0.296. The average Bonchev–Trinajstić information content (AvgIpc) is 2.72. The van der Waals surface area contributed by atoms with E-state index < -0.39 is 17.6 Å². The van der Waals surface area contributed by atoms with Crippen molar-refractivity contribution in [3.8, 4) is 0 Å². The third-order valence-corrected chi connectivity index (χ3v) is 2.35. The molecule has 0 saturated heterocycles. The number of benzene rings is 1. The summed E-state index contributed by atoms with van der Waals surface area (Å²) in [5, 5.41) is 8.72. The van der Waals surface area contributed by atoms with Crippen molar-refractivity contribution >= 4 is 5.97 Å². The number of aromatic nitrogens is 1. The lowest BCUT2D eigenvalue weighted by Crippen LogP contribution is -1.99. The zero-order chi connectivity index (χ0) is 12.4. The molecule has 0 saturated carbocycles. The molecule has 1 heterocycles. The molecule has 17 heavy (non-hydrogen) atoms. The SMILES string of the molecule is O=C(O)c1ccn(Cc2ccc(F)c(F)c2)c1. The smallest absolute Gasteiger partial charge is 0.337 e. The number of aromatic carboxylic acids is 1. The first kappa shape index (κ1) is 11.3. The Bertz CT molecular complexity index is 563. The molecule has 1 aromatic heterocycles. The van der Waals surface area contributed by atoms with Crippen LogP contribution in [0.1, 0.15) is 15.9 Å². The molecule has 0 spiro atoms. The van der Waals surface area contributed by atoms with E-state index in [1.165, 1.54) is 18.3 Å². The summed E-state index contributed by atoms with van der Waals surface area (Å²) in [6, 6.07) is 5.04. The van der Waals surface area contributed by atoms with Crippen LogP contribution < -0.4 is 0 Å². The highest BCUT2D eigenvalue weighted by atomic mass is 19.2. The van der Waals surface area contributed by atoms with Crippen LogP contribution in [0.2, 0.25) is 0 Å². The number of hydrogen-bond donors (Lipinski definition) is 1. The van der Waals surface area contributed by atoms with Crippen LogP contribution in [0.4, 0.5) is 8.78 Å². The molecule has 0 aliphatic rings. The lowest BCUT2D eigenvalue weighted by atomic mass is 10.2. The number of nitrogens with zero attached hydrogens (tertiary/aromatic N) is 1. The van der Waals surface area contributed by atoms with Gasteiger partial charge in [-0.05, 0) is 23.8 Å². The molecular formula is C12H9F2NO2. The Morgan fingerprint density at radius 1 is 1.24 bits per heavy atom. The first-order chi connectivity index (χ1) is 8.06. The van der Waals surface area contributed by atoms with Crippen molar-refractivity contribution in [2.45, 2.75) is 6.54 Å². The third kappa shape index (κ3) is 2.50. The molecule has 0 bridgehead atoms. The van der Waals surface area contributed by atoms with Gasteiger partial charge in [-0.25, -0.2) is 13.6 Å². The second kappa shape index (κ2) is 4.37. The second-order valence-electron chi connectivity index (χ2n) is 3.63. The lowest BCUT2D eigenvalue weighted by molar-refractivity contribution is 0.0697. The summed E-state index contributed by atoms with van der Waals surface area (Å²) in [6.07, 6.45) is 3.01. The molecule has 2 aromatic rings. The van der Waals surface area contributed by atoms with Gasteiger partial charge >= 0.3 is 5.97 Å². The molecule has 0 radical (unpaired) electrons. The van der Waals surface area contributed by atoms with Gasteiger partial charge in [0.15, 0.2) is 11.6 Å². The molecule has 5 heteroatoms. The number of carboxylic acid groups (broad SMARTS) is 1. The molecule has 0 atom stereocenters. The van der Waals surface area contributed by atoms with Crippen molar-refractivity contribution < 1.29 is 18.7 Å². The van der Waals surface area contributed by atoms with Crippen molar-refractivity contribution in [3.63, 3.8) is 0 Å². The van der Waals surface area contributed by atoms with Crippen LogP contribution in [0.3, 0.4) is 0 Å². The molecule has 0 unspecified atom stereocenters. The highest BCUT2D eigenvalue weighted by molar-refractivity contribution is 5.87. The van der Waals surface area contributed by atoms with Crippen LogP contribution in [0.25, 0.3) is 0 Å². The van der Waals surface area contributed by atoms with E-state index in [4.69, 9.17) is 5.11 Å². The van der Waals surface area contributed by atoms with E-state index in [1.54, 1.807) is 10.8 Å². The van der Waals surface area contributed by atoms with Gasteiger partial charge < -0.3 is 9.67 Å². The molecule has 1 aromatic carbocycles. The van der Waals surface area contributed by atoms with Crippen molar-refractivity contribution in [2.24, 2.45) is 0 Å². The standard InChI is InChI=1S/C12H9F2NO2/c13-10-2-1-8(5-11(10)14)6-15-4-3-9(7-15)12(16)17/h1-5,7H,6H2,(H,16,17). The van der Waals surface area contributed by atoms with E-state index in [1.807, 2.05) is 0 Å². The Kier molecular flexibility index (Phi) is 2.91. The van der Waals surface area contributed by atoms with Gasteiger partial charge in [0.05, 0.1) is 5.56 Å². The van der Waals surface area contributed by atoms with Gasteiger partial charge in [0.1, 0.15) is 0 Å². The molecule has 1 N–H and O–H groups in total. The van der Waals surface area contributed by atoms with Gasteiger partial charge in [-0.2, -0.15) is 0 Å². The Hall–Kier alpha value is -2.17. The summed E-state index contributed by atoms with van der Waals surface area (Å²) >= 11 is 0. The monoisotopic (exact) mass is 237 g/mol. The Morgan fingerprint density at radius 3 is 2.59 bits per heavy atom. The summed E-state index contributed by atoms with van der Waals surface area (Å²) in [7, 11) is 0. The van der Waals surface area contributed by atoms with Gasteiger partial charge in [0.25, 0.3) is 0 Å². The Morgan fingerprint density at radius 2 is 2.00 bits per heavy atom. The minimum absolute atomic E-state index is 0.160.